The highest BCUT2D eigenvalue weighted by atomic mass is 79.9. The summed E-state index contributed by atoms with van der Waals surface area (Å²) in [4.78, 5) is 11.3. The van der Waals surface area contributed by atoms with Gasteiger partial charge in [0.05, 0.1) is 21.6 Å². The molecule has 3 N–H and O–H groups in total. The van der Waals surface area contributed by atoms with Crippen LogP contribution >= 0.6 is 31.9 Å². The second kappa shape index (κ2) is 6.97. The van der Waals surface area contributed by atoms with Crippen molar-refractivity contribution in [1.82, 2.24) is 5.43 Å². The third-order valence-electron chi connectivity index (χ3n) is 2.62. The SMILES string of the molecule is COc1cc(Br)c(OCc2cc(C(=O)NN)co2)cc1Br. The molecule has 1 aromatic heterocycles. The second-order valence-electron chi connectivity index (χ2n) is 3.98. The first-order valence-corrected chi connectivity index (χ1v) is 7.38. The summed E-state index contributed by atoms with van der Waals surface area (Å²) in [6.45, 7) is 0.176. The Morgan fingerprint density at radius 1 is 1.29 bits per heavy atom. The molecule has 0 saturated carbocycles. The number of nitrogen functional groups attached to an aromatic ring is 1. The van der Waals surface area contributed by atoms with Crippen LogP contribution < -0.4 is 20.7 Å². The minimum Gasteiger partial charge on any atom is -0.496 e. The number of hydrogen-bond acceptors (Lipinski definition) is 5. The fourth-order valence-electron chi connectivity index (χ4n) is 1.58. The molecule has 112 valence electrons. The summed E-state index contributed by atoms with van der Waals surface area (Å²) in [5.74, 6) is 6.44. The van der Waals surface area contributed by atoms with Crippen molar-refractivity contribution in [2.24, 2.45) is 5.84 Å². The van der Waals surface area contributed by atoms with Crippen LogP contribution in [-0.2, 0) is 6.61 Å². The lowest BCUT2D eigenvalue weighted by molar-refractivity contribution is 0.0953. The first kappa shape index (κ1) is 15.9. The van der Waals surface area contributed by atoms with Crippen molar-refractivity contribution in [2.45, 2.75) is 6.61 Å². The average molecular weight is 420 g/mol. The van der Waals surface area contributed by atoms with Gasteiger partial charge in [0.25, 0.3) is 5.91 Å². The van der Waals surface area contributed by atoms with E-state index in [-0.39, 0.29) is 6.61 Å². The number of amides is 1. The number of nitrogens with one attached hydrogen (secondary N) is 1. The van der Waals surface area contributed by atoms with Gasteiger partial charge < -0.3 is 13.9 Å². The zero-order chi connectivity index (χ0) is 15.4. The number of benzene rings is 1. The molecule has 1 amide bonds. The molecule has 21 heavy (non-hydrogen) atoms. The lowest BCUT2D eigenvalue weighted by atomic mass is 10.3. The van der Waals surface area contributed by atoms with Crippen molar-refractivity contribution in [3.63, 3.8) is 0 Å². The largest absolute Gasteiger partial charge is 0.496 e. The van der Waals surface area contributed by atoms with Gasteiger partial charge in [-0.05, 0) is 50.1 Å². The van der Waals surface area contributed by atoms with E-state index in [0.717, 1.165) is 8.95 Å². The van der Waals surface area contributed by atoms with E-state index in [1.54, 1.807) is 25.3 Å². The predicted molar refractivity (Wildman–Crippen MR) is 83.1 cm³/mol. The van der Waals surface area contributed by atoms with Gasteiger partial charge in [-0.25, -0.2) is 5.84 Å². The van der Waals surface area contributed by atoms with Gasteiger partial charge in [-0.3, -0.25) is 10.2 Å². The number of halogens is 2. The maximum Gasteiger partial charge on any atom is 0.268 e. The van der Waals surface area contributed by atoms with E-state index < -0.39 is 5.91 Å². The molecule has 0 saturated heterocycles. The van der Waals surface area contributed by atoms with Crippen molar-refractivity contribution < 1.29 is 18.7 Å². The first-order valence-electron chi connectivity index (χ1n) is 5.79. The summed E-state index contributed by atoms with van der Waals surface area (Å²) >= 11 is 6.78. The standard InChI is InChI=1S/C13H12Br2N2O4/c1-19-11-3-10(15)12(4-9(11)14)21-6-8-2-7(5-20-8)13(18)17-16/h2-5H,6,16H2,1H3,(H,17,18). The molecule has 0 spiro atoms. The van der Waals surface area contributed by atoms with Gasteiger partial charge in [0.15, 0.2) is 0 Å². The van der Waals surface area contributed by atoms with Crippen LogP contribution in [-0.4, -0.2) is 13.0 Å². The van der Waals surface area contributed by atoms with Crippen LogP contribution in [0.25, 0.3) is 0 Å². The van der Waals surface area contributed by atoms with E-state index in [1.165, 1.54) is 6.26 Å². The van der Waals surface area contributed by atoms with Gasteiger partial charge in [-0.2, -0.15) is 0 Å². The number of ether oxygens (including phenoxy) is 2. The Bertz CT molecular complexity index is 658. The molecule has 0 unspecified atom stereocenters. The molecule has 2 rings (SSSR count). The van der Waals surface area contributed by atoms with Crippen LogP contribution in [0, 0.1) is 0 Å². The summed E-state index contributed by atoms with van der Waals surface area (Å²) in [5.41, 5.74) is 2.37. The van der Waals surface area contributed by atoms with E-state index in [4.69, 9.17) is 19.7 Å². The Labute approximate surface area is 137 Å². The lowest BCUT2D eigenvalue weighted by Gasteiger charge is -2.10. The summed E-state index contributed by atoms with van der Waals surface area (Å²) in [5, 5.41) is 0. The molecule has 0 radical (unpaired) electrons. The second-order valence-corrected chi connectivity index (χ2v) is 5.69. The average Bonchev–Trinajstić information content (AvgIpc) is 2.95. The Balaban J connectivity index is 2.08. The van der Waals surface area contributed by atoms with Gasteiger partial charge in [0.2, 0.25) is 0 Å². The third-order valence-corrected chi connectivity index (χ3v) is 3.86. The van der Waals surface area contributed by atoms with Crippen LogP contribution in [0.5, 0.6) is 11.5 Å². The van der Waals surface area contributed by atoms with E-state index in [2.05, 4.69) is 31.9 Å². The number of rotatable bonds is 5. The molecule has 2 aromatic rings. The monoisotopic (exact) mass is 418 g/mol. The summed E-state index contributed by atoms with van der Waals surface area (Å²) in [6, 6.07) is 5.13. The molecule has 8 heteroatoms. The van der Waals surface area contributed by atoms with Gasteiger partial charge in [0, 0.05) is 0 Å². The molecular formula is C13H12Br2N2O4. The van der Waals surface area contributed by atoms with Gasteiger partial charge in [-0.1, -0.05) is 0 Å². The number of carbonyl (C=O) groups is 1. The van der Waals surface area contributed by atoms with Crippen LogP contribution in [0.3, 0.4) is 0 Å². The molecule has 0 aliphatic rings. The van der Waals surface area contributed by atoms with E-state index in [1.807, 2.05) is 5.43 Å². The third kappa shape index (κ3) is 3.78. The molecule has 1 heterocycles. The van der Waals surface area contributed by atoms with E-state index >= 15 is 0 Å². The molecular weight excluding hydrogens is 408 g/mol. The predicted octanol–water partition coefficient (Wildman–Crippen LogP) is 3.00. The smallest absolute Gasteiger partial charge is 0.268 e. The minimum absolute atomic E-state index is 0.176. The number of methoxy groups -OCH3 is 1. The zero-order valence-corrected chi connectivity index (χ0v) is 14.2. The maximum atomic E-state index is 11.3. The lowest BCUT2D eigenvalue weighted by Crippen LogP contribution is -2.29. The van der Waals surface area contributed by atoms with Crippen LogP contribution in [0.15, 0.2) is 37.8 Å². The van der Waals surface area contributed by atoms with Crippen LogP contribution in [0.1, 0.15) is 16.1 Å². The van der Waals surface area contributed by atoms with Gasteiger partial charge in [-0.15, -0.1) is 0 Å². The minimum atomic E-state index is -0.418. The first-order chi connectivity index (χ1) is 10.0. The van der Waals surface area contributed by atoms with Crippen LogP contribution in [0.4, 0.5) is 0 Å². The molecule has 0 fully saturated rings. The van der Waals surface area contributed by atoms with Gasteiger partial charge >= 0.3 is 0 Å². The number of hydrazine groups is 1. The Hall–Kier alpha value is -1.51. The number of furan rings is 1. The Morgan fingerprint density at radius 2 is 1.95 bits per heavy atom. The van der Waals surface area contributed by atoms with E-state index in [0.29, 0.717) is 22.8 Å². The fourth-order valence-corrected chi connectivity index (χ4v) is 2.51. The molecule has 0 aliphatic carbocycles. The zero-order valence-electron chi connectivity index (χ0n) is 11.0. The molecule has 0 aliphatic heterocycles. The normalized spacial score (nSPS) is 10.3. The molecule has 0 bridgehead atoms. The Kier molecular flexibility index (Phi) is 5.27. The van der Waals surface area contributed by atoms with Crippen molar-refractivity contribution in [1.29, 1.82) is 0 Å². The van der Waals surface area contributed by atoms with Crippen molar-refractivity contribution >= 4 is 37.8 Å². The maximum absolute atomic E-state index is 11.3. The van der Waals surface area contributed by atoms with Crippen LogP contribution in [0.2, 0.25) is 0 Å². The van der Waals surface area contributed by atoms with Crippen molar-refractivity contribution in [2.75, 3.05) is 7.11 Å². The topological polar surface area (TPSA) is 86.7 Å². The number of carbonyl (C=O) groups excluding carboxylic acids is 1. The highest BCUT2D eigenvalue weighted by Gasteiger charge is 2.11. The highest BCUT2D eigenvalue weighted by Crippen LogP contribution is 2.36. The molecule has 1 aromatic carbocycles. The summed E-state index contributed by atoms with van der Waals surface area (Å²) in [6.07, 6.45) is 1.32. The number of hydrogen-bond donors (Lipinski definition) is 2. The summed E-state index contributed by atoms with van der Waals surface area (Å²) < 4.78 is 17.6. The quantitative estimate of drug-likeness (QED) is 0.442. The van der Waals surface area contributed by atoms with Crippen molar-refractivity contribution in [3.8, 4) is 11.5 Å². The van der Waals surface area contributed by atoms with Gasteiger partial charge in [0.1, 0.15) is 30.1 Å². The molecule has 0 atom stereocenters. The fraction of sp³-hybridized carbons (Fsp3) is 0.154. The summed E-state index contributed by atoms with van der Waals surface area (Å²) in [7, 11) is 1.58. The van der Waals surface area contributed by atoms with Crippen molar-refractivity contribution in [3.05, 3.63) is 44.7 Å². The highest BCUT2D eigenvalue weighted by molar-refractivity contribution is 9.11. The van der Waals surface area contributed by atoms with E-state index in [9.17, 15) is 4.79 Å². The molecule has 6 nitrogen and oxygen atoms in total. The number of nitrogens with two attached hydrogens (primary N) is 1. The Morgan fingerprint density at radius 3 is 2.62 bits per heavy atom.